The van der Waals surface area contributed by atoms with E-state index in [4.69, 9.17) is 4.74 Å². The van der Waals surface area contributed by atoms with E-state index in [1.165, 1.54) is 5.56 Å². The first kappa shape index (κ1) is 14.6. The van der Waals surface area contributed by atoms with Gasteiger partial charge in [-0.25, -0.2) is 0 Å². The zero-order chi connectivity index (χ0) is 14.5. The summed E-state index contributed by atoms with van der Waals surface area (Å²) >= 11 is 0. The van der Waals surface area contributed by atoms with Crippen LogP contribution < -0.4 is 4.74 Å². The minimum Gasteiger partial charge on any atom is -0.496 e. The van der Waals surface area contributed by atoms with Crippen LogP contribution in [0.1, 0.15) is 30.9 Å². The molecule has 1 saturated heterocycles. The molecule has 0 aromatic heterocycles. The summed E-state index contributed by atoms with van der Waals surface area (Å²) in [5, 5.41) is 0. The van der Waals surface area contributed by atoms with E-state index in [0.29, 0.717) is 32.4 Å². The number of benzene rings is 1. The molecule has 0 N–H and O–H groups in total. The van der Waals surface area contributed by atoms with Crippen LogP contribution in [0.25, 0.3) is 0 Å². The van der Waals surface area contributed by atoms with Gasteiger partial charge in [-0.3, -0.25) is 9.59 Å². The Labute approximate surface area is 119 Å². The second kappa shape index (κ2) is 6.55. The molecule has 4 heteroatoms. The van der Waals surface area contributed by atoms with Gasteiger partial charge in [0.2, 0.25) is 5.91 Å². The van der Waals surface area contributed by atoms with E-state index in [9.17, 15) is 9.59 Å². The molecule has 1 aliphatic heterocycles. The summed E-state index contributed by atoms with van der Waals surface area (Å²) in [4.78, 5) is 25.3. The van der Waals surface area contributed by atoms with Gasteiger partial charge in [0.25, 0.3) is 0 Å². The summed E-state index contributed by atoms with van der Waals surface area (Å²) < 4.78 is 5.33. The second-order valence-electron chi connectivity index (χ2n) is 5.10. The normalized spacial score (nSPS) is 15.3. The van der Waals surface area contributed by atoms with E-state index >= 15 is 0 Å². The van der Waals surface area contributed by atoms with Gasteiger partial charge in [-0.2, -0.15) is 0 Å². The van der Waals surface area contributed by atoms with E-state index in [1.54, 1.807) is 12.0 Å². The van der Waals surface area contributed by atoms with E-state index in [2.05, 4.69) is 6.92 Å². The van der Waals surface area contributed by atoms with Gasteiger partial charge in [0.05, 0.1) is 13.5 Å². The van der Waals surface area contributed by atoms with Gasteiger partial charge in [-0.1, -0.05) is 19.1 Å². The van der Waals surface area contributed by atoms with Gasteiger partial charge < -0.3 is 9.64 Å². The largest absolute Gasteiger partial charge is 0.496 e. The minimum absolute atomic E-state index is 0.0732. The van der Waals surface area contributed by atoms with Crippen molar-refractivity contribution in [3.05, 3.63) is 29.3 Å². The molecule has 0 saturated carbocycles. The zero-order valence-corrected chi connectivity index (χ0v) is 12.1. The van der Waals surface area contributed by atoms with Crippen LogP contribution in [0.2, 0.25) is 0 Å². The first-order chi connectivity index (χ1) is 9.63. The summed E-state index contributed by atoms with van der Waals surface area (Å²) in [6.45, 7) is 3.19. The van der Waals surface area contributed by atoms with E-state index in [-0.39, 0.29) is 11.7 Å². The minimum atomic E-state index is 0.0732. The summed E-state index contributed by atoms with van der Waals surface area (Å²) in [5.74, 6) is 1.08. The standard InChI is InChI=1S/C16H21NO3/c1-3-12-4-5-15(20-2)13(10-12)11-16(19)17-8-6-14(18)7-9-17/h4-5,10H,3,6-9,11H2,1-2H3. The maximum atomic E-state index is 12.3. The van der Waals surface area contributed by atoms with Crippen molar-refractivity contribution in [1.82, 2.24) is 4.90 Å². The SMILES string of the molecule is CCc1ccc(OC)c(CC(=O)N2CCC(=O)CC2)c1. The number of Topliss-reactive ketones (excluding diaryl/α,β-unsaturated/α-hetero) is 1. The number of ether oxygens (including phenoxy) is 1. The third-order valence-corrected chi connectivity index (χ3v) is 3.77. The van der Waals surface area contributed by atoms with Gasteiger partial charge >= 0.3 is 0 Å². The lowest BCUT2D eigenvalue weighted by atomic mass is 10.0. The summed E-state index contributed by atoms with van der Waals surface area (Å²) in [6.07, 6.45) is 2.24. The van der Waals surface area contributed by atoms with Crippen LogP contribution in [0.4, 0.5) is 0 Å². The number of nitrogens with zero attached hydrogens (tertiary/aromatic N) is 1. The number of carbonyl (C=O) groups excluding carboxylic acids is 2. The monoisotopic (exact) mass is 275 g/mol. The predicted molar refractivity (Wildman–Crippen MR) is 76.9 cm³/mol. The molecule has 0 radical (unpaired) electrons. The fourth-order valence-electron chi connectivity index (χ4n) is 2.47. The highest BCUT2D eigenvalue weighted by Gasteiger charge is 2.21. The maximum absolute atomic E-state index is 12.3. The Morgan fingerprint density at radius 3 is 2.60 bits per heavy atom. The lowest BCUT2D eigenvalue weighted by Crippen LogP contribution is -2.39. The van der Waals surface area contributed by atoms with Crippen LogP contribution in [0.15, 0.2) is 18.2 Å². The fraction of sp³-hybridized carbons (Fsp3) is 0.500. The first-order valence-electron chi connectivity index (χ1n) is 7.09. The number of carbonyl (C=O) groups is 2. The highest BCUT2D eigenvalue weighted by molar-refractivity contribution is 5.84. The van der Waals surface area contributed by atoms with E-state index in [0.717, 1.165) is 17.7 Å². The average Bonchev–Trinajstić information content (AvgIpc) is 2.47. The zero-order valence-electron chi connectivity index (χ0n) is 12.1. The maximum Gasteiger partial charge on any atom is 0.227 e. The van der Waals surface area contributed by atoms with E-state index in [1.807, 2.05) is 18.2 Å². The third-order valence-electron chi connectivity index (χ3n) is 3.77. The van der Waals surface area contributed by atoms with Crippen molar-refractivity contribution in [2.75, 3.05) is 20.2 Å². The third kappa shape index (κ3) is 3.38. The molecule has 2 rings (SSSR count). The fourth-order valence-corrected chi connectivity index (χ4v) is 2.47. The van der Waals surface area contributed by atoms with Crippen molar-refractivity contribution in [1.29, 1.82) is 0 Å². The molecule has 1 aromatic carbocycles. The lowest BCUT2D eigenvalue weighted by molar-refractivity contribution is -0.133. The first-order valence-corrected chi connectivity index (χ1v) is 7.09. The molecule has 0 spiro atoms. The summed E-state index contributed by atoms with van der Waals surface area (Å²) in [6, 6.07) is 5.97. The van der Waals surface area contributed by atoms with Crippen molar-refractivity contribution in [3.8, 4) is 5.75 Å². The molecule has 0 bridgehead atoms. The van der Waals surface area contributed by atoms with E-state index < -0.39 is 0 Å². The number of likely N-dealkylation sites (tertiary alicyclic amines) is 1. The van der Waals surface area contributed by atoms with Gasteiger partial charge in [0.15, 0.2) is 0 Å². The van der Waals surface area contributed by atoms with Crippen molar-refractivity contribution in [2.45, 2.75) is 32.6 Å². The number of rotatable bonds is 4. The van der Waals surface area contributed by atoms with Crippen molar-refractivity contribution >= 4 is 11.7 Å². The smallest absolute Gasteiger partial charge is 0.227 e. The molecule has 4 nitrogen and oxygen atoms in total. The number of hydrogen-bond acceptors (Lipinski definition) is 3. The number of amides is 1. The number of hydrogen-bond donors (Lipinski definition) is 0. The molecule has 0 aliphatic carbocycles. The van der Waals surface area contributed by atoms with Crippen LogP contribution in [0, 0.1) is 0 Å². The highest BCUT2D eigenvalue weighted by Crippen LogP contribution is 2.22. The van der Waals surface area contributed by atoms with Crippen LogP contribution in [0.5, 0.6) is 5.75 Å². The quantitative estimate of drug-likeness (QED) is 0.844. The molecule has 1 aliphatic rings. The molecule has 1 amide bonds. The van der Waals surface area contributed by atoms with Gasteiger partial charge in [-0.05, 0) is 18.1 Å². The number of aryl methyl sites for hydroxylation is 1. The topological polar surface area (TPSA) is 46.6 Å². The molecule has 0 unspecified atom stereocenters. The summed E-state index contributed by atoms with van der Waals surface area (Å²) in [5.41, 5.74) is 2.12. The molecule has 20 heavy (non-hydrogen) atoms. The predicted octanol–water partition coefficient (Wildman–Crippen LogP) is 1.99. The molecule has 1 fully saturated rings. The number of methoxy groups -OCH3 is 1. The van der Waals surface area contributed by atoms with Crippen LogP contribution in [-0.2, 0) is 22.4 Å². The molecular weight excluding hydrogens is 254 g/mol. The number of ketones is 1. The average molecular weight is 275 g/mol. The molecule has 1 aromatic rings. The van der Waals surface area contributed by atoms with Crippen LogP contribution in [0.3, 0.4) is 0 Å². The van der Waals surface area contributed by atoms with Crippen LogP contribution >= 0.6 is 0 Å². The number of piperidine rings is 1. The Morgan fingerprint density at radius 1 is 1.30 bits per heavy atom. The second-order valence-corrected chi connectivity index (χ2v) is 5.10. The van der Waals surface area contributed by atoms with Crippen molar-refractivity contribution < 1.29 is 14.3 Å². The molecule has 108 valence electrons. The van der Waals surface area contributed by atoms with Gasteiger partial charge in [0, 0.05) is 31.5 Å². The van der Waals surface area contributed by atoms with Crippen molar-refractivity contribution in [3.63, 3.8) is 0 Å². The molecular formula is C16H21NO3. The van der Waals surface area contributed by atoms with Crippen molar-refractivity contribution in [2.24, 2.45) is 0 Å². The van der Waals surface area contributed by atoms with Gasteiger partial charge in [-0.15, -0.1) is 0 Å². The Bertz CT molecular complexity index is 500. The van der Waals surface area contributed by atoms with Crippen LogP contribution in [-0.4, -0.2) is 36.8 Å². The Hall–Kier alpha value is -1.84. The lowest BCUT2D eigenvalue weighted by Gasteiger charge is -2.26. The Kier molecular flexibility index (Phi) is 4.77. The van der Waals surface area contributed by atoms with Gasteiger partial charge in [0.1, 0.15) is 11.5 Å². The Balaban J connectivity index is 2.08. The molecule has 0 atom stereocenters. The molecule has 1 heterocycles. The Morgan fingerprint density at radius 2 is 2.00 bits per heavy atom. The summed E-state index contributed by atoms with van der Waals surface area (Å²) in [7, 11) is 1.62. The highest BCUT2D eigenvalue weighted by atomic mass is 16.5.